The van der Waals surface area contributed by atoms with E-state index in [2.05, 4.69) is 33.4 Å². The van der Waals surface area contributed by atoms with E-state index in [1.54, 1.807) is 11.8 Å². The molecular weight excluding hydrogens is 360 g/mol. The Bertz CT molecular complexity index is 472. The van der Waals surface area contributed by atoms with Gasteiger partial charge in [-0.05, 0) is 70.0 Å². The molecule has 2 rings (SSSR count). The second kappa shape index (κ2) is 8.94. The van der Waals surface area contributed by atoms with Crippen molar-refractivity contribution in [2.24, 2.45) is 5.92 Å². The van der Waals surface area contributed by atoms with Crippen LogP contribution in [0.4, 0.5) is 0 Å². The topological polar surface area (TPSA) is 32.3 Å². The Morgan fingerprint density at radius 2 is 2.00 bits per heavy atom. The van der Waals surface area contributed by atoms with Crippen LogP contribution in [0.1, 0.15) is 26.2 Å². The highest BCUT2D eigenvalue weighted by atomic mass is 79.9. The largest absolute Gasteiger partial charge is 0.342 e. The third-order valence-electron chi connectivity index (χ3n) is 4.20. The Kier molecular flexibility index (Phi) is 7.25. The van der Waals surface area contributed by atoms with Crippen molar-refractivity contribution in [1.29, 1.82) is 0 Å². The lowest BCUT2D eigenvalue weighted by Crippen LogP contribution is -2.42. The van der Waals surface area contributed by atoms with Crippen molar-refractivity contribution < 1.29 is 4.79 Å². The molecule has 1 atom stereocenters. The van der Waals surface area contributed by atoms with Gasteiger partial charge in [0, 0.05) is 22.5 Å². The SMILES string of the molecule is CNCCC1CCN(C(=O)C(C)Sc2ccc(Br)cc2)CC1. The van der Waals surface area contributed by atoms with Crippen molar-refractivity contribution in [1.82, 2.24) is 10.2 Å². The van der Waals surface area contributed by atoms with E-state index in [1.807, 2.05) is 31.0 Å². The summed E-state index contributed by atoms with van der Waals surface area (Å²) in [4.78, 5) is 15.8. The summed E-state index contributed by atoms with van der Waals surface area (Å²) in [6, 6.07) is 8.16. The Morgan fingerprint density at radius 1 is 1.36 bits per heavy atom. The molecule has 1 heterocycles. The Balaban J connectivity index is 1.80. The van der Waals surface area contributed by atoms with Crippen molar-refractivity contribution >= 4 is 33.6 Å². The van der Waals surface area contributed by atoms with Crippen molar-refractivity contribution in [3.63, 3.8) is 0 Å². The van der Waals surface area contributed by atoms with Gasteiger partial charge in [0.2, 0.25) is 5.91 Å². The highest BCUT2D eigenvalue weighted by Gasteiger charge is 2.26. The van der Waals surface area contributed by atoms with Gasteiger partial charge in [0.25, 0.3) is 0 Å². The van der Waals surface area contributed by atoms with Crippen LogP contribution in [-0.4, -0.2) is 42.7 Å². The lowest BCUT2D eigenvalue weighted by molar-refractivity contribution is -0.131. The summed E-state index contributed by atoms with van der Waals surface area (Å²) in [5.74, 6) is 1.05. The molecule has 5 heteroatoms. The molecular formula is C17H25BrN2OS. The monoisotopic (exact) mass is 384 g/mol. The van der Waals surface area contributed by atoms with E-state index in [0.717, 1.165) is 47.8 Å². The van der Waals surface area contributed by atoms with Crippen LogP contribution in [0.5, 0.6) is 0 Å². The van der Waals surface area contributed by atoms with E-state index < -0.39 is 0 Å². The molecule has 0 radical (unpaired) electrons. The van der Waals surface area contributed by atoms with Crippen molar-refractivity contribution in [2.45, 2.75) is 36.3 Å². The zero-order chi connectivity index (χ0) is 15.9. The average molecular weight is 385 g/mol. The fourth-order valence-corrected chi connectivity index (χ4v) is 4.03. The molecule has 122 valence electrons. The van der Waals surface area contributed by atoms with Gasteiger partial charge in [-0.3, -0.25) is 4.79 Å². The molecule has 1 aromatic carbocycles. The highest BCUT2D eigenvalue weighted by Crippen LogP contribution is 2.28. The fourth-order valence-electron chi connectivity index (χ4n) is 2.82. The molecule has 1 saturated heterocycles. The van der Waals surface area contributed by atoms with E-state index in [9.17, 15) is 4.79 Å². The number of likely N-dealkylation sites (tertiary alicyclic amines) is 1. The number of carbonyl (C=O) groups excluding carboxylic acids is 1. The molecule has 1 fully saturated rings. The molecule has 22 heavy (non-hydrogen) atoms. The summed E-state index contributed by atoms with van der Waals surface area (Å²) in [5, 5.41) is 3.19. The number of halogens is 1. The molecule has 1 aliphatic rings. The smallest absolute Gasteiger partial charge is 0.235 e. The second-order valence-corrected chi connectivity index (χ2v) is 8.20. The molecule has 1 amide bonds. The first-order valence-electron chi connectivity index (χ1n) is 7.95. The zero-order valence-electron chi connectivity index (χ0n) is 13.3. The molecule has 1 unspecified atom stereocenters. The maximum atomic E-state index is 12.6. The van der Waals surface area contributed by atoms with E-state index in [-0.39, 0.29) is 11.2 Å². The predicted octanol–water partition coefficient (Wildman–Crippen LogP) is 3.78. The molecule has 1 aliphatic heterocycles. The molecule has 0 bridgehead atoms. The number of hydrogen-bond donors (Lipinski definition) is 1. The fraction of sp³-hybridized carbons (Fsp3) is 0.588. The minimum atomic E-state index is -0.0185. The van der Waals surface area contributed by atoms with Crippen molar-refractivity contribution in [3.8, 4) is 0 Å². The number of carbonyl (C=O) groups is 1. The van der Waals surface area contributed by atoms with Gasteiger partial charge in [-0.25, -0.2) is 0 Å². The Labute approximate surface area is 146 Å². The quantitative estimate of drug-likeness (QED) is 0.757. The van der Waals surface area contributed by atoms with Crippen LogP contribution in [0.25, 0.3) is 0 Å². The predicted molar refractivity (Wildman–Crippen MR) is 97.3 cm³/mol. The summed E-state index contributed by atoms with van der Waals surface area (Å²) in [6.45, 7) is 4.92. The number of nitrogens with one attached hydrogen (secondary N) is 1. The highest BCUT2D eigenvalue weighted by molar-refractivity contribution is 9.10. The van der Waals surface area contributed by atoms with E-state index in [4.69, 9.17) is 0 Å². The summed E-state index contributed by atoms with van der Waals surface area (Å²) in [7, 11) is 2.00. The van der Waals surface area contributed by atoms with Crippen molar-refractivity contribution in [2.75, 3.05) is 26.7 Å². The van der Waals surface area contributed by atoms with E-state index in [1.165, 1.54) is 6.42 Å². The molecule has 3 nitrogen and oxygen atoms in total. The first-order valence-corrected chi connectivity index (χ1v) is 9.63. The number of amides is 1. The molecule has 0 aromatic heterocycles. The van der Waals surface area contributed by atoms with Gasteiger partial charge in [0.05, 0.1) is 5.25 Å². The first kappa shape index (κ1) is 17.8. The van der Waals surface area contributed by atoms with Crippen LogP contribution < -0.4 is 5.32 Å². The number of rotatable bonds is 6. The molecule has 0 saturated carbocycles. The third-order valence-corrected chi connectivity index (χ3v) is 5.83. The van der Waals surface area contributed by atoms with Crippen LogP contribution in [0.2, 0.25) is 0 Å². The van der Waals surface area contributed by atoms with Gasteiger partial charge in [-0.15, -0.1) is 11.8 Å². The zero-order valence-corrected chi connectivity index (χ0v) is 15.8. The van der Waals surface area contributed by atoms with Gasteiger partial charge in [-0.2, -0.15) is 0 Å². The lowest BCUT2D eigenvalue weighted by Gasteiger charge is -2.33. The minimum absolute atomic E-state index is 0.0185. The van der Waals surface area contributed by atoms with Crippen LogP contribution in [0.15, 0.2) is 33.6 Å². The maximum absolute atomic E-state index is 12.6. The Hall–Kier alpha value is -0.520. The molecule has 0 aliphatic carbocycles. The normalized spacial score (nSPS) is 17.5. The summed E-state index contributed by atoms with van der Waals surface area (Å²) >= 11 is 5.08. The van der Waals surface area contributed by atoms with E-state index in [0.29, 0.717) is 0 Å². The Morgan fingerprint density at radius 3 is 2.59 bits per heavy atom. The number of nitrogens with zero attached hydrogens (tertiary/aromatic N) is 1. The van der Waals surface area contributed by atoms with Gasteiger partial charge in [0.1, 0.15) is 0 Å². The maximum Gasteiger partial charge on any atom is 0.235 e. The van der Waals surface area contributed by atoms with Gasteiger partial charge in [-0.1, -0.05) is 15.9 Å². The van der Waals surface area contributed by atoms with Crippen LogP contribution >= 0.6 is 27.7 Å². The van der Waals surface area contributed by atoms with Crippen LogP contribution in [0.3, 0.4) is 0 Å². The second-order valence-electron chi connectivity index (χ2n) is 5.87. The summed E-state index contributed by atoms with van der Waals surface area (Å²) in [5.41, 5.74) is 0. The average Bonchev–Trinajstić information content (AvgIpc) is 2.55. The number of thioether (sulfide) groups is 1. The third kappa shape index (κ3) is 5.28. The van der Waals surface area contributed by atoms with Gasteiger partial charge >= 0.3 is 0 Å². The molecule has 0 spiro atoms. The lowest BCUT2D eigenvalue weighted by atomic mass is 9.93. The molecule has 1 N–H and O–H groups in total. The van der Waals surface area contributed by atoms with Crippen LogP contribution in [-0.2, 0) is 4.79 Å². The number of benzene rings is 1. The summed E-state index contributed by atoms with van der Waals surface area (Å²) in [6.07, 6.45) is 3.51. The summed E-state index contributed by atoms with van der Waals surface area (Å²) < 4.78 is 1.07. The van der Waals surface area contributed by atoms with Crippen LogP contribution in [0, 0.1) is 5.92 Å². The molecule has 1 aromatic rings. The number of piperidine rings is 1. The first-order chi connectivity index (χ1) is 10.6. The van der Waals surface area contributed by atoms with E-state index >= 15 is 0 Å². The number of hydrogen-bond acceptors (Lipinski definition) is 3. The minimum Gasteiger partial charge on any atom is -0.342 e. The van der Waals surface area contributed by atoms with Crippen molar-refractivity contribution in [3.05, 3.63) is 28.7 Å². The van der Waals surface area contributed by atoms with Gasteiger partial charge < -0.3 is 10.2 Å². The standard InChI is InChI=1S/C17H25BrN2OS/c1-13(22-16-5-3-15(18)4-6-16)17(21)20-11-8-14(9-12-20)7-10-19-2/h3-6,13-14,19H,7-12H2,1-2H3. The van der Waals surface area contributed by atoms with Gasteiger partial charge in [0.15, 0.2) is 0 Å².